The van der Waals surface area contributed by atoms with E-state index < -0.39 is 23.8 Å². The summed E-state index contributed by atoms with van der Waals surface area (Å²) < 4.78 is 31.4. The van der Waals surface area contributed by atoms with E-state index in [0.717, 1.165) is 18.9 Å². The number of hydrogen-bond donors (Lipinski definition) is 4. The number of anilines is 4. The number of aryl methyl sites for hydroxylation is 1. The van der Waals surface area contributed by atoms with Crippen LogP contribution < -0.4 is 20.9 Å². The van der Waals surface area contributed by atoms with Gasteiger partial charge in [0.05, 0.1) is 17.6 Å². The van der Waals surface area contributed by atoms with Crippen LogP contribution in [0.5, 0.6) is 0 Å². The molecule has 1 saturated carbocycles. The molecule has 0 saturated heterocycles. The van der Waals surface area contributed by atoms with Crippen LogP contribution in [0.3, 0.4) is 0 Å². The molecule has 2 atom stereocenters. The van der Waals surface area contributed by atoms with Gasteiger partial charge in [0.15, 0.2) is 29.1 Å². The summed E-state index contributed by atoms with van der Waals surface area (Å²) in [5, 5.41) is 32.2. The minimum Gasteiger partial charge on any atom is -0.465 e. The first-order chi connectivity index (χ1) is 17.1. The van der Waals surface area contributed by atoms with Crippen molar-refractivity contribution in [2.24, 2.45) is 13.0 Å². The molecule has 190 valence electrons. The van der Waals surface area contributed by atoms with Crippen molar-refractivity contribution in [3.8, 4) is 6.07 Å². The van der Waals surface area contributed by atoms with E-state index in [1.54, 1.807) is 32.1 Å². The van der Waals surface area contributed by atoms with E-state index in [1.807, 2.05) is 13.0 Å². The van der Waals surface area contributed by atoms with Gasteiger partial charge in [-0.2, -0.15) is 10.4 Å². The number of fused-ring (bicyclic) bond motifs is 1. The zero-order valence-corrected chi connectivity index (χ0v) is 20.4. The number of amides is 1. The van der Waals surface area contributed by atoms with E-state index in [9.17, 15) is 23.9 Å². The molecule has 4 rings (SSSR count). The third-order valence-electron chi connectivity index (χ3n) is 6.27. The van der Waals surface area contributed by atoms with E-state index in [4.69, 9.17) is 0 Å². The molecule has 3 aromatic rings. The van der Waals surface area contributed by atoms with Crippen molar-refractivity contribution in [3.63, 3.8) is 0 Å². The molecule has 1 aliphatic rings. The fraction of sp³-hybridized carbons (Fsp3) is 0.417. The summed E-state index contributed by atoms with van der Waals surface area (Å²) in [5.74, 6) is -0.594. The molecule has 2 aromatic heterocycles. The summed E-state index contributed by atoms with van der Waals surface area (Å²) in [4.78, 5) is 17.3. The van der Waals surface area contributed by atoms with E-state index in [1.165, 1.54) is 10.7 Å². The Kier molecular flexibility index (Phi) is 6.83. The lowest BCUT2D eigenvalue weighted by Crippen LogP contribution is -2.47. The van der Waals surface area contributed by atoms with Crippen LogP contribution in [0.4, 0.5) is 36.7 Å². The molecule has 1 aromatic carbocycles. The molecule has 10 nitrogen and oxygen atoms in total. The van der Waals surface area contributed by atoms with Gasteiger partial charge in [0, 0.05) is 32.2 Å². The lowest BCUT2D eigenvalue weighted by molar-refractivity contribution is 0.187. The number of rotatable bonds is 9. The standard InChI is InChI=1S/C24H28F2N8O2/c1-5-18(29-24(35)36)19(12-6-7-12)30-22-17(26)8-13(11-27)21(31-22)28-14-9-15-20(16(25)10-14)34(4)32-23(15)33(2)3/h8-10,12,18-19,29H,5-7H2,1-4H3,(H,35,36)(H2,28,30,31)/t18-,19+/m0/s1. The topological polar surface area (TPSA) is 131 Å². The Hall–Kier alpha value is -4.14. The van der Waals surface area contributed by atoms with Crippen molar-refractivity contribution in [3.05, 3.63) is 35.4 Å². The minimum absolute atomic E-state index is 0.0456. The third-order valence-corrected chi connectivity index (χ3v) is 6.27. The summed E-state index contributed by atoms with van der Waals surface area (Å²) in [6.07, 6.45) is 1.12. The largest absolute Gasteiger partial charge is 0.465 e. The fourth-order valence-electron chi connectivity index (χ4n) is 4.42. The predicted molar refractivity (Wildman–Crippen MR) is 133 cm³/mol. The molecule has 0 unspecified atom stereocenters. The molecule has 2 heterocycles. The van der Waals surface area contributed by atoms with Gasteiger partial charge in [-0.1, -0.05) is 6.92 Å². The number of nitrogens with zero attached hydrogens (tertiary/aromatic N) is 5. The molecule has 0 aliphatic heterocycles. The summed E-state index contributed by atoms with van der Waals surface area (Å²) in [7, 11) is 5.25. The highest BCUT2D eigenvalue weighted by Crippen LogP contribution is 2.37. The SMILES string of the molecule is CC[C@H](NC(=O)O)[C@H](Nc1nc(Nc2cc(F)c3c(c2)c(N(C)C)nn3C)c(C#N)cc1F)C1CC1. The van der Waals surface area contributed by atoms with Crippen molar-refractivity contribution in [1.82, 2.24) is 20.1 Å². The first-order valence-electron chi connectivity index (χ1n) is 11.6. The van der Waals surface area contributed by atoms with Gasteiger partial charge in [0.1, 0.15) is 11.6 Å². The summed E-state index contributed by atoms with van der Waals surface area (Å²) in [6.45, 7) is 1.85. The molecule has 0 radical (unpaired) electrons. The van der Waals surface area contributed by atoms with E-state index in [-0.39, 0.29) is 29.2 Å². The minimum atomic E-state index is -1.16. The number of hydrogen-bond acceptors (Lipinski definition) is 7. The van der Waals surface area contributed by atoms with Crippen molar-refractivity contribution in [1.29, 1.82) is 5.26 Å². The fourth-order valence-corrected chi connectivity index (χ4v) is 4.42. The second-order valence-corrected chi connectivity index (χ2v) is 9.12. The lowest BCUT2D eigenvalue weighted by Gasteiger charge is -2.28. The van der Waals surface area contributed by atoms with Crippen LogP contribution in [-0.2, 0) is 7.05 Å². The average Bonchev–Trinajstić information content (AvgIpc) is 3.60. The van der Waals surface area contributed by atoms with E-state index >= 15 is 0 Å². The smallest absolute Gasteiger partial charge is 0.404 e. The molecule has 36 heavy (non-hydrogen) atoms. The molecule has 1 amide bonds. The van der Waals surface area contributed by atoms with Crippen molar-refractivity contribution < 1.29 is 18.7 Å². The second-order valence-electron chi connectivity index (χ2n) is 9.12. The Morgan fingerprint density at radius 2 is 2.00 bits per heavy atom. The van der Waals surface area contributed by atoms with Gasteiger partial charge in [-0.3, -0.25) is 4.68 Å². The average molecular weight is 499 g/mol. The first kappa shape index (κ1) is 25.0. The maximum Gasteiger partial charge on any atom is 0.404 e. The molecular weight excluding hydrogens is 470 g/mol. The monoisotopic (exact) mass is 498 g/mol. The van der Waals surface area contributed by atoms with Crippen LogP contribution >= 0.6 is 0 Å². The number of carboxylic acid groups (broad SMARTS) is 1. The van der Waals surface area contributed by atoms with Crippen molar-refractivity contribution in [2.45, 2.75) is 38.3 Å². The van der Waals surface area contributed by atoms with Crippen LogP contribution in [0.1, 0.15) is 31.7 Å². The quantitative estimate of drug-likeness (QED) is 0.346. The highest BCUT2D eigenvalue weighted by molar-refractivity contribution is 5.94. The Morgan fingerprint density at radius 1 is 1.28 bits per heavy atom. The molecule has 0 spiro atoms. The Morgan fingerprint density at radius 3 is 2.58 bits per heavy atom. The van der Waals surface area contributed by atoms with Crippen LogP contribution in [-0.4, -0.2) is 52.1 Å². The highest BCUT2D eigenvalue weighted by Gasteiger charge is 2.37. The summed E-state index contributed by atoms with van der Waals surface area (Å²) in [6, 6.07) is 5.10. The van der Waals surface area contributed by atoms with Crippen LogP contribution in [0.2, 0.25) is 0 Å². The Labute approximate surface area is 206 Å². The van der Waals surface area contributed by atoms with Gasteiger partial charge in [0.2, 0.25) is 0 Å². The van der Waals surface area contributed by atoms with Crippen molar-refractivity contribution in [2.75, 3.05) is 29.6 Å². The van der Waals surface area contributed by atoms with E-state index in [2.05, 4.69) is 26.0 Å². The predicted octanol–water partition coefficient (Wildman–Crippen LogP) is 4.16. The van der Waals surface area contributed by atoms with Gasteiger partial charge in [-0.05, 0) is 43.4 Å². The van der Waals surface area contributed by atoms with Gasteiger partial charge in [0.25, 0.3) is 0 Å². The molecule has 12 heteroatoms. The molecule has 1 fully saturated rings. The number of nitrogens with one attached hydrogen (secondary N) is 3. The third kappa shape index (κ3) is 4.95. The number of nitriles is 1. The van der Waals surface area contributed by atoms with Gasteiger partial charge < -0.3 is 26.0 Å². The maximum absolute atomic E-state index is 15.0. The molecule has 0 bridgehead atoms. The highest BCUT2D eigenvalue weighted by atomic mass is 19.1. The summed E-state index contributed by atoms with van der Waals surface area (Å²) >= 11 is 0. The van der Waals surface area contributed by atoms with Crippen LogP contribution in [0, 0.1) is 28.9 Å². The van der Waals surface area contributed by atoms with Gasteiger partial charge in [-0.15, -0.1) is 0 Å². The van der Waals surface area contributed by atoms with Crippen molar-refractivity contribution >= 4 is 40.1 Å². The lowest BCUT2D eigenvalue weighted by atomic mass is 10.0. The number of carbonyl (C=O) groups is 1. The Bertz CT molecular complexity index is 1350. The molecule has 1 aliphatic carbocycles. The first-order valence-corrected chi connectivity index (χ1v) is 11.6. The number of pyridine rings is 1. The number of benzene rings is 1. The summed E-state index contributed by atoms with van der Waals surface area (Å²) in [5.41, 5.74) is 0.578. The molecule has 4 N–H and O–H groups in total. The number of halogens is 2. The second kappa shape index (κ2) is 9.85. The normalized spacial score (nSPS) is 14.7. The Balaban J connectivity index is 1.70. The van der Waals surface area contributed by atoms with Gasteiger partial charge >= 0.3 is 6.09 Å². The zero-order chi connectivity index (χ0) is 26.1. The maximum atomic E-state index is 15.0. The van der Waals surface area contributed by atoms with E-state index in [0.29, 0.717) is 28.8 Å². The van der Waals surface area contributed by atoms with Gasteiger partial charge in [-0.25, -0.2) is 18.6 Å². The molecular formula is C24H28F2N8O2. The van der Waals surface area contributed by atoms with Crippen LogP contribution in [0.25, 0.3) is 10.9 Å². The number of aromatic nitrogens is 3. The zero-order valence-electron chi connectivity index (χ0n) is 20.4. The van der Waals surface area contributed by atoms with Crippen LogP contribution in [0.15, 0.2) is 18.2 Å².